The molecule has 0 aromatic carbocycles. The fourth-order valence-corrected chi connectivity index (χ4v) is 2.00. The summed E-state index contributed by atoms with van der Waals surface area (Å²) < 4.78 is 20.6. The maximum atomic E-state index is 10.6. The second-order valence-electron chi connectivity index (χ2n) is 3.31. The molecule has 1 heterocycles. The number of hydrogen-bond donors (Lipinski definition) is 3. The van der Waals surface area contributed by atoms with Crippen LogP contribution in [0.4, 0.5) is 0 Å². The zero-order valence-corrected chi connectivity index (χ0v) is 8.76. The molecule has 1 saturated heterocycles. The van der Waals surface area contributed by atoms with Crippen molar-refractivity contribution in [2.75, 3.05) is 19.9 Å². The Morgan fingerprint density at radius 3 is 2.64 bits per heavy atom. The minimum absolute atomic E-state index is 0.144. The van der Waals surface area contributed by atoms with Gasteiger partial charge in [-0.1, -0.05) is 0 Å². The highest BCUT2D eigenvalue weighted by Crippen LogP contribution is 2.36. The highest BCUT2D eigenvalue weighted by Gasteiger charge is 2.36. The summed E-state index contributed by atoms with van der Waals surface area (Å²) in [6, 6.07) is 0. The van der Waals surface area contributed by atoms with Gasteiger partial charge in [0.25, 0.3) is 0 Å². The van der Waals surface area contributed by atoms with Crippen molar-refractivity contribution in [2.45, 2.75) is 24.7 Å². The standard InChI is InChI=1S/C7H15O6P/c1-12-6-4-13-5(7(6)8)2-3-14(9,10)11/h5-8H,2-4H2,1H3,(H2,9,10,11)/t5-,6?,7+/m1/s1. The monoisotopic (exact) mass is 226 g/mol. The first-order chi connectivity index (χ1) is 6.44. The van der Waals surface area contributed by atoms with E-state index in [4.69, 9.17) is 19.3 Å². The third-order valence-corrected chi connectivity index (χ3v) is 3.08. The number of ether oxygens (including phenoxy) is 2. The molecule has 0 saturated carbocycles. The first kappa shape index (κ1) is 12.1. The van der Waals surface area contributed by atoms with Gasteiger partial charge in [-0.15, -0.1) is 0 Å². The van der Waals surface area contributed by atoms with E-state index in [-0.39, 0.29) is 19.2 Å². The van der Waals surface area contributed by atoms with Gasteiger partial charge in [0.2, 0.25) is 0 Å². The van der Waals surface area contributed by atoms with E-state index >= 15 is 0 Å². The third-order valence-electron chi connectivity index (χ3n) is 2.24. The van der Waals surface area contributed by atoms with E-state index in [1.807, 2.05) is 0 Å². The Hall–Kier alpha value is 0.0300. The molecule has 0 radical (unpaired) electrons. The number of aliphatic hydroxyl groups excluding tert-OH is 1. The SMILES string of the molecule is COC1CO[C@H](CCP(=O)(O)O)[C@@H]1O. The smallest absolute Gasteiger partial charge is 0.325 e. The van der Waals surface area contributed by atoms with E-state index in [0.717, 1.165) is 0 Å². The Bertz CT molecular complexity index is 226. The molecule has 3 N–H and O–H groups in total. The van der Waals surface area contributed by atoms with Gasteiger partial charge in [0, 0.05) is 7.11 Å². The molecular formula is C7H15O6P. The Labute approximate surface area is 82.0 Å². The van der Waals surface area contributed by atoms with Crippen molar-refractivity contribution in [3.63, 3.8) is 0 Å². The average molecular weight is 226 g/mol. The van der Waals surface area contributed by atoms with Crippen molar-refractivity contribution in [3.05, 3.63) is 0 Å². The van der Waals surface area contributed by atoms with Crippen molar-refractivity contribution in [3.8, 4) is 0 Å². The van der Waals surface area contributed by atoms with Crippen molar-refractivity contribution >= 4 is 7.60 Å². The molecule has 1 fully saturated rings. The van der Waals surface area contributed by atoms with Gasteiger partial charge in [0.15, 0.2) is 0 Å². The molecule has 1 aliphatic heterocycles. The molecule has 0 aromatic rings. The van der Waals surface area contributed by atoms with E-state index < -0.39 is 25.9 Å². The molecule has 3 atom stereocenters. The summed E-state index contributed by atoms with van der Waals surface area (Å²) >= 11 is 0. The third kappa shape index (κ3) is 3.31. The summed E-state index contributed by atoms with van der Waals surface area (Å²) in [5, 5.41) is 9.54. The summed E-state index contributed by atoms with van der Waals surface area (Å²) in [5.74, 6) is 0. The van der Waals surface area contributed by atoms with Crippen LogP contribution in [0.1, 0.15) is 6.42 Å². The molecule has 0 spiro atoms. The van der Waals surface area contributed by atoms with E-state index in [0.29, 0.717) is 0 Å². The van der Waals surface area contributed by atoms with Crippen LogP contribution < -0.4 is 0 Å². The minimum Gasteiger partial charge on any atom is -0.388 e. The van der Waals surface area contributed by atoms with Gasteiger partial charge in [0.1, 0.15) is 12.2 Å². The lowest BCUT2D eigenvalue weighted by Crippen LogP contribution is -2.31. The summed E-state index contributed by atoms with van der Waals surface area (Å²) in [7, 11) is -2.54. The van der Waals surface area contributed by atoms with E-state index in [2.05, 4.69) is 0 Å². The molecule has 6 nitrogen and oxygen atoms in total. The van der Waals surface area contributed by atoms with Crippen LogP contribution in [0.25, 0.3) is 0 Å². The molecule has 0 bridgehead atoms. The van der Waals surface area contributed by atoms with E-state index in [1.165, 1.54) is 7.11 Å². The van der Waals surface area contributed by atoms with Crippen LogP contribution in [0.15, 0.2) is 0 Å². The molecule has 7 heteroatoms. The lowest BCUT2D eigenvalue weighted by atomic mass is 10.1. The Morgan fingerprint density at radius 2 is 2.21 bits per heavy atom. The highest BCUT2D eigenvalue weighted by atomic mass is 31.2. The predicted molar refractivity (Wildman–Crippen MR) is 48.1 cm³/mol. The number of aliphatic hydroxyl groups is 1. The largest absolute Gasteiger partial charge is 0.388 e. The summed E-state index contributed by atoms with van der Waals surface area (Å²) in [6.45, 7) is 0.267. The first-order valence-corrected chi connectivity index (χ1v) is 6.11. The van der Waals surface area contributed by atoms with Crippen molar-refractivity contribution in [1.82, 2.24) is 0 Å². The van der Waals surface area contributed by atoms with Gasteiger partial charge in [0.05, 0.1) is 18.9 Å². The predicted octanol–water partition coefficient (Wildman–Crippen LogP) is -0.671. The zero-order valence-electron chi connectivity index (χ0n) is 7.87. The number of rotatable bonds is 4. The van der Waals surface area contributed by atoms with Crippen LogP contribution in [0.5, 0.6) is 0 Å². The average Bonchev–Trinajstić information content (AvgIpc) is 2.42. The van der Waals surface area contributed by atoms with E-state index in [9.17, 15) is 9.67 Å². The van der Waals surface area contributed by atoms with Gasteiger partial charge < -0.3 is 24.4 Å². The zero-order chi connectivity index (χ0) is 10.8. The Kier molecular flexibility index (Phi) is 4.06. The lowest BCUT2D eigenvalue weighted by molar-refractivity contribution is 0.00398. The maximum Gasteiger partial charge on any atom is 0.325 e. The Balaban J connectivity index is 2.37. The van der Waals surface area contributed by atoms with Crippen LogP contribution >= 0.6 is 7.60 Å². The summed E-state index contributed by atoms with van der Waals surface area (Å²) in [5.41, 5.74) is 0. The van der Waals surface area contributed by atoms with Crippen molar-refractivity contribution < 1.29 is 28.9 Å². The van der Waals surface area contributed by atoms with Gasteiger partial charge >= 0.3 is 7.60 Å². The van der Waals surface area contributed by atoms with E-state index in [1.54, 1.807) is 0 Å². The fourth-order valence-electron chi connectivity index (χ4n) is 1.41. The minimum atomic E-state index is -4.00. The molecule has 1 rings (SSSR count). The quantitative estimate of drug-likeness (QED) is 0.550. The number of methoxy groups -OCH3 is 1. The highest BCUT2D eigenvalue weighted by molar-refractivity contribution is 7.51. The van der Waals surface area contributed by atoms with Gasteiger partial charge in [-0.25, -0.2) is 0 Å². The van der Waals surface area contributed by atoms with Crippen LogP contribution in [-0.2, 0) is 14.0 Å². The summed E-state index contributed by atoms with van der Waals surface area (Å²) in [6.07, 6.45) is -1.85. The lowest BCUT2D eigenvalue weighted by Gasteiger charge is -2.16. The topological polar surface area (TPSA) is 96.2 Å². The molecule has 0 aromatic heterocycles. The molecule has 0 amide bonds. The van der Waals surface area contributed by atoms with Crippen LogP contribution in [0, 0.1) is 0 Å². The molecule has 0 aliphatic carbocycles. The number of hydrogen-bond acceptors (Lipinski definition) is 4. The second kappa shape index (κ2) is 4.70. The van der Waals surface area contributed by atoms with Gasteiger partial charge in [-0.3, -0.25) is 4.57 Å². The Morgan fingerprint density at radius 1 is 1.57 bits per heavy atom. The van der Waals surface area contributed by atoms with Gasteiger partial charge in [-0.2, -0.15) is 0 Å². The second-order valence-corrected chi connectivity index (χ2v) is 5.09. The van der Waals surface area contributed by atoms with Gasteiger partial charge in [-0.05, 0) is 6.42 Å². The van der Waals surface area contributed by atoms with Crippen molar-refractivity contribution in [1.29, 1.82) is 0 Å². The van der Waals surface area contributed by atoms with Crippen molar-refractivity contribution in [2.24, 2.45) is 0 Å². The molecule has 84 valence electrons. The molecule has 1 aliphatic rings. The fraction of sp³-hybridized carbons (Fsp3) is 1.00. The molecule has 14 heavy (non-hydrogen) atoms. The van der Waals surface area contributed by atoms with Crippen LogP contribution in [0.2, 0.25) is 0 Å². The molecular weight excluding hydrogens is 211 g/mol. The summed E-state index contributed by atoms with van der Waals surface area (Å²) in [4.78, 5) is 17.3. The molecule has 1 unspecified atom stereocenters. The normalized spacial score (nSPS) is 33.6. The van der Waals surface area contributed by atoms with Crippen LogP contribution in [-0.4, -0.2) is 53.1 Å². The van der Waals surface area contributed by atoms with Crippen LogP contribution in [0.3, 0.4) is 0 Å². The first-order valence-electron chi connectivity index (χ1n) is 4.31. The maximum absolute atomic E-state index is 10.6.